The van der Waals surface area contributed by atoms with Gasteiger partial charge < -0.3 is 10.1 Å². The third kappa shape index (κ3) is 2.10. The molecule has 6 nitrogen and oxygen atoms in total. The minimum atomic E-state index is -0.451. The van der Waals surface area contributed by atoms with Crippen LogP contribution in [0.1, 0.15) is 30.7 Å². The van der Waals surface area contributed by atoms with E-state index in [4.69, 9.17) is 0 Å². The quantitative estimate of drug-likeness (QED) is 0.348. The van der Waals surface area contributed by atoms with Gasteiger partial charge in [0.1, 0.15) is 5.69 Å². The summed E-state index contributed by atoms with van der Waals surface area (Å²) in [5, 5.41) is 22.9. The Hall–Kier alpha value is -1.85. The van der Waals surface area contributed by atoms with Crippen molar-refractivity contribution in [3.8, 4) is 0 Å². The van der Waals surface area contributed by atoms with Gasteiger partial charge >= 0.3 is 5.69 Å². The van der Waals surface area contributed by atoms with Crippen molar-refractivity contribution in [2.24, 2.45) is 0 Å². The monoisotopic (exact) mass is 251 g/mol. The molecule has 0 N–H and O–H groups in total. The average molecular weight is 251 g/mol. The summed E-state index contributed by atoms with van der Waals surface area (Å²) < 4.78 is 0.631. The highest BCUT2D eigenvalue weighted by Gasteiger charge is 2.30. The second-order valence-electron chi connectivity index (χ2n) is 4.70. The Balaban J connectivity index is 2.53. The van der Waals surface area contributed by atoms with E-state index in [9.17, 15) is 15.3 Å². The highest BCUT2D eigenvalue weighted by atomic mass is 16.6. The van der Waals surface area contributed by atoms with E-state index >= 15 is 0 Å². The van der Waals surface area contributed by atoms with Crippen LogP contribution in [0.15, 0.2) is 6.07 Å². The van der Waals surface area contributed by atoms with Gasteiger partial charge in [0, 0.05) is 33.0 Å². The van der Waals surface area contributed by atoms with Crippen LogP contribution >= 0.6 is 0 Å². The lowest BCUT2D eigenvalue weighted by molar-refractivity contribution is -0.623. The number of piperidine rings is 1. The van der Waals surface area contributed by atoms with Crippen LogP contribution < -0.4 is 9.63 Å². The van der Waals surface area contributed by atoms with Gasteiger partial charge in [-0.2, -0.15) is 4.73 Å². The number of hydrogen-bond acceptors (Lipinski definition) is 4. The van der Waals surface area contributed by atoms with Gasteiger partial charge in [0.25, 0.3) is 5.69 Å². The first-order chi connectivity index (χ1) is 8.52. The van der Waals surface area contributed by atoms with Crippen LogP contribution in [-0.4, -0.2) is 18.0 Å². The number of anilines is 1. The first-order valence-electron chi connectivity index (χ1n) is 6.15. The Morgan fingerprint density at radius 3 is 2.44 bits per heavy atom. The molecule has 1 aromatic rings. The zero-order valence-electron chi connectivity index (χ0n) is 10.7. The first-order valence-corrected chi connectivity index (χ1v) is 6.15. The molecule has 0 amide bonds. The Bertz CT molecular complexity index is 482. The number of hydrogen-bond donors (Lipinski definition) is 0. The molecule has 0 unspecified atom stereocenters. The maximum Gasteiger partial charge on any atom is 0.359 e. The summed E-state index contributed by atoms with van der Waals surface area (Å²) >= 11 is 0. The molecule has 18 heavy (non-hydrogen) atoms. The largest absolute Gasteiger partial charge is 0.618 e. The van der Waals surface area contributed by atoms with E-state index in [1.165, 1.54) is 6.92 Å². The number of nitrogens with zero attached hydrogens (tertiary/aromatic N) is 3. The summed E-state index contributed by atoms with van der Waals surface area (Å²) in [6.07, 6.45) is 3.25. The number of nitro groups is 1. The van der Waals surface area contributed by atoms with Crippen molar-refractivity contribution >= 4 is 11.4 Å². The van der Waals surface area contributed by atoms with Crippen LogP contribution in [0.2, 0.25) is 0 Å². The molecule has 98 valence electrons. The maximum atomic E-state index is 11.7. The molecule has 0 aromatic carbocycles. The smallest absolute Gasteiger partial charge is 0.359 e. The van der Waals surface area contributed by atoms with Crippen molar-refractivity contribution in [2.75, 3.05) is 18.0 Å². The van der Waals surface area contributed by atoms with E-state index in [0.29, 0.717) is 16.1 Å². The lowest BCUT2D eigenvalue weighted by Gasteiger charge is -2.28. The van der Waals surface area contributed by atoms with Crippen molar-refractivity contribution in [2.45, 2.75) is 33.1 Å². The van der Waals surface area contributed by atoms with Crippen LogP contribution in [0.3, 0.4) is 0 Å². The van der Waals surface area contributed by atoms with Gasteiger partial charge in [0.15, 0.2) is 5.69 Å². The molecule has 1 aliphatic rings. The molecular formula is C12H17N3O3. The van der Waals surface area contributed by atoms with Crippen molar-refractivity contribution < 1.29 is 9.65 Å². The predicted molar refractivity (Wildman–Crippen MR) is 67.6 cm³/mol. The van der Waals surface area contributed by atoms with Gasteiger partial charge in [-0.25, -0.2) is 0 Å². The fraction of sp³-hybridized carbons (Fsp3) is 0.583. The highest BCUT2D eigenvalue weighted by Crippen LogP contribution is 2.32. The summed E-state index contributed by atoms with van der Waals surface area (Å²) in [5.41, 5.74) is 1.19. The summed E-state index contributed by atoms with van der Waals surface area (Å²) in [7, 11) is 0. The summed E-state index contributed by atoms with van der Waals surface area (Å²) in [6.45, 7) is 4.83. The Labute approximate surface area is 106 Å². The van der Waals surface area contributed by atoms with E-state index in [2.05, 4.69) is 0 Å². The van der Waals surface area contributed by atoms with Crippen LogP contribution in [0.4, 0.5) is 11.4 Å². The van der Waals surface area contributed by atoms with Gasteiger partial charge in [-0.1, -0.05) is 0 Å². The Morgan fingerprint density at radius 2 is 1.89 bits per heavy atom. The fourth-order valence-electron chi connectivity index (χ4n) is 2.47. The standard InChI is InChI=1S/C12H17N3O3/c1-9-8-11(13-6-4-3-5-7-13)12(15(17)18)10(2)14(9)16/h8H,3-7H2,1-2H3. The number of aryl methyl sites for hydroxylation is 1. The average Bonchev–Trinajstić information content (AvgIpc) is 2.36. The Morgan fingerprint density at radius 1 is 1.28 bits per heavy atom. The molecule has 1 aliphatic heterocycles. The molecule has 0 spiro atoms. The molecule has 1 aromatic heterocycles. The van der Waals surface area contributed by atoms with Gasteiger partial charge in [-0.3, -0.25) is 10.1 Å². The van der Waals surface area contributed by atoms with Gasteiger partial charge in [0.05, 0.1) is 4.92 Å². The lowest BCUT2D eigenvalue weighted by Crippen LogP contribution is -2.37. The summed E-state index contributed by atoms with van der Waals surface area (Å²) in [4.78, 5) is 12.7. The predicted octanol–water partition coefficient (Wildman–Crippen LogP) is 1.84. The molecule has 1 saturated heterocycles. The third-order valence-corrected chi connectivity index (χ3v) is 3.44. The molecule has 2 rings (SSSR count). The zero-order valence-corrected chi connectivity index (χ0v) is 10.7. The van der Waals surface area contributed by atoms with Gasteiger partial charge in [0.2, 0.25) is 0 Å². The van der Waals surface area contributed by atoms with E-state index in [-0.39, 0.29) is 11.4 Å². The minimum absolute atomic E-state index is 0.0579. The number of pyridine rings is 1. The van der Waals surface area contributed by atoms with Crippen LogP contribution in [0.25, 0.3) is 0 Å². The van der Waals surface area contributed by atoms with E-state index < -0.39 is 4.92 Å². The third-order valence-electron chi connectivity index (χ3n) is 3.44. The minimum Gasteiger partial charge on any atom is -0.618 e. The molecule has 0 atom stereocenters. The second kappa shape index (κ2) is 4.80. The zero-order chi connectivity index (χ0) is 13.3. The molecule has 0 aliphatic carbocycles. The molecule has 0 radical (unpaired) electrons. The number of rotatable bonds is 2. The number of aromatic nitrogens is 1. The molecule has 0 saturated carbocycles. The SMILES string of the molecule is Cc1cc(N2CCCCC2)c([N+](=O)[O-])c(C)[n+]1[O-]. The highest BCUT2D eigenvalue weighted by molar-refractivity contribution is 5.64. The first kappa shape index (κ1) is 12.6. The summed E-state index contributed by atoms with van der Waals surface area (Å²) in [6, 6.07) is 1.63. The molecule has 1 fully saturated rings. The van der Waals surface area contributed by atoms with Crippen LogP contribution in [-0.2, 0) is 0 Å². The van der Waals surface area contributed by atoms with E-state index in [1.807, 2.05) is 4.90 Å². The summed E-state index contributed by atoms with van der Waals surface area (Å²) in [5.74, 6) is 0. The fourth-order valence-corrected chi connectivity index (χ4v) is 2.47. The second-order valence-corrected chi connectivity index (χ2v) is 4.70. The Kier molecular flexibility index (Phi) is 3.36. The van der Waals surface area contributed by atoms with E-state index in [0.717, 1.165) is 32.4 Å². The van der Waals surface area contributed by atoms with E-state index in [1.54, 1.807) is 13.0 Å². The van der Waals surface area contributed by atoms with Crippen LogP contribution in [0.5, 0.6) is 0 Å². The van der Waals surface area contributed by atoms with Crippen LogP contribution in [0, 0.1) is 29.2 Å². The molecule has 0 bridgehead atoms. The molecule has 2 heterocycles. The van der Waals surface area contributed by atoms with Crippen molar-refractivity contribution in [1.82, 2.24) is 0 Å². The van der Waals surface area contributed by atoms with Gasteiger partial charge in [-0.15, -0.1) is 0 Å². The topological polar surface area (TPSA) is 73.3 Å². The van der Waals surface area contributed by atoms with Crippen molar-refractivity contribution in [3.63, 3.8) is 0 Å². The van der Waals surface area contributed by atoms with Crippen molar-refractivity contribution in [1.29, 1.82) is 0 Å². The van der Waals surface area contributed by atoms with Crippen molar-refractivity contribution in [3.05, 3.63) is 32.8 Å². The molecular weight excluding hydrogens is 234 g/mol. The maximum absolute atomic E-state index is 11.7. The normalized spacial score (nSPS) is 15.8. The van der Waals surface area contributed by atoms with Gasteiger partial charge in [-0.05, 0) is 19.3 Å². The lowest BCUT2D eigenvalue weighted by atomic mass is 10.1. The molecule has 6 heteroatoms.